The average molecular weight is 440 g/mol. The largest absolute Gasteiger partial charge is 0.465 e. The molecule has 0 spiro atoms. The van der Waals surface area contributed by atoms with Crippen molar-refractivity contribution in [2.75, 3.05) is 26.2 Å². The summed E-state index contributed by atoms with van der Waals surface area (Å²) in [6.45, 7) is 9.98. The molecule has 0 aliphatic heterocycles. The first-order valence-corrected chi connectivity index (χ1v) is 14.1. The van der Waals surface area contributed by atoms with Gasteiger partial charge in [0.05, 0.1) is 13.2 Å². The van der Waals surface area contributed by atoms with Gasteiger partial charge < -0.3 is 4.74 Å². The van der Waals surface area contributed by atoms with Gasteiger partial charge in [-0.2, -0.15) is 0 Å². The zero-order chi connectivity index (χ0) is 22.8. The Bertz CT molecular complexity index is 343. The molecule has 0 saturated carbocycles. The van der Waals surface area contributed by atoms with Crippen LogP contribution in [0.2, 0.25) is 0 Å². The van der Waals surface area contributed by atoms with Gasteiger partial charge in [-0.15, -0.1) is 0 Å². The summed E-state index contributed by atoms with van der Waals surface area (Å²) in [5.41, 5.74) is 0. The van der Waals surface area contributed by atoms with Crippen LogP contribution in [0.25, 0.3) is 0 Å². The van der Waals surface area contributed by atoms with Crippen molar-refractivity contribution < 1.29 is 9.53 Å². The summed E-state index contributed by atoms with van der Waals surface area (Å²) >= 11 is 0. The van der Waals surface area contributed by atoms with E-state index in [4.69, 9.17) is 4.74 Å². The fourth-order valence-electron chi connectivity index (χ4n) is 4.15. The maximum atomic E-state index is 12.3. The molecule has 0 bridgehead atoms. The highest BCUT2D eigenvalue weighted by Gasteiger charge is 2.11. The number of hydrogen-bond donors (Lipinski definition) is 0. The van der Waals surface area contributed by atoms with Gasteiger partial charge in [0, 0.05) is 0 Å². The molecule has 3 heteroatoms. The van der Waals surface area contributed by atoms with E-state index < -0.39 is 0 Å². The van der Waals surface area contributed by atoms with Crippen LogP contribution < -0.4 is 0 Å². The van der Waals surface area contributed by atoms with Crippen molar-refractivity contribution in [2.45, 2.75) is 149 Å². The van der Waals surface area contributed by atoms with Gasteiger partial charge in [-0.25, -0.2) is 0 Å². The fourth-order valence-corrected chi connectivity index (χ4v) is 4.15. The molecule has 31 heavy (non-hydrogen) atoms. The standard InChI is InChI=1S/C28H57NO2/c1-4-7-10-13-16-17-20-23-26-31-28(30)27-29(24-21-18-14-11-8-5-2)25-22-19-15-12-9-6-3/h4-27H2,1-3H3. The lowest BCUT2D eigenvalue weighted by Gasteiger charge is -2.21. The van der Waals surface area contributed by atoms with Crippen molar-refractivity contribution in [3.63, 3.8) is 0 Å². The predicted octanol–water partition coefficient (Wildman–Crippen LogP) is 8.69. The quantitative estimate of drug-likeness (QED) is 0.105. The van der Waals surface area contributed by atoms with Crippen LogP contribution in [0.3, 0.4) is 0 Å². The van der Waals surface area contributed by atoms with Gasteiger partial charge in [-0.05, 0) is 32.4 Å². The maximum absolute atomic E-state index is 12.3. The average Bonchev–Trinajstić information content (AvgIpc) is 2.77. The van der Waals surface area contributed by atoms with Gasteiger partial charge in [0.1, 0.15) is 0 Å². The fraction of sp³-hybridized carbons (Fsp3) is 0.964. The van der Waals surface area contributed by atoms with Crippen LogP contribution in [0.1, 0.15) is 149 Å². The SMILES string of the molecule is CCCCCCCCCCOC(=O)CN(CCCCCCCC)CCCCCCCC. The molecule has 0 aromatic rings. The first-order valence-electron chi connectivity index (χ1n) is 14.1. The monoisotopic (exact) mass is 439 g/mol. The van der Waals surface area contributed by atoms with Crippen LogP contribution in [0.5, 0.6) is 0 Å². The highest BCUT2D eigenvalue weighted by Crippen LogP contribution is 2.10. The number of hydrogen-bond acceptors (Lipinski definition) is 3. The first-order chi connectivity index (χ1) is 15.2. The third-order valence-corrected chi connectivity index (χ3v) is 6.27. The number of carbonyl (C=O) groups is 1. The van der Waals surface area contributed by atoms with E-state index in [1.54, 1.807) is 0 Å². The van der Waals surface area contributed by atoms with Gasteiger partial charge in [0.2, 0.25) is 0 Å². The summed E-state index contributed by atoms with van der Waals surface area (Å²) in [6, 6.07) is 0. The van der Waals surface area contributed by atoms with Crippen molar-refractivity contribution in [3.05, 3.63) is 0 Å². The maximum Gasteiger partial charge on any atom is 0.320 e. The minimum Gasteiger partial charge on any atom is -0.465 e. The Hall–Kier alpha value is -0.570. The number of carbonyl (C=O) groups excluding carboxylic acids is 1. The molecule has 0 atom stereocenters. The number of esters is 1. The molecule has 0 rings (SSSR count). The topological polar surface area (TPSA) is 29.5 Å². The van der Waals surface area contributed by atoms with E-state index in [-0.39, 0.29) is 5.97 Å². The van der Waals surface area contributed by atoms with Gasteiger partial charge in [0.25, 0.3) is 0 Å². The Morgan fingerprint density at radius 2 is 0.871 bits per heavy atom. The zero-order valence-corrected chi connectivity index (χ0v) is 21.7. The molecular formula is C28H57NO2. The lowest BCUT2D eigenvalue weighted by atomic mass is 10.1. The van der Waals surface area contributed by atoms with Gasteiger partial charge >= 0.3 is 5.97 Å². The molecule has 0 saturated heterocycles. The third kappa shape index (κ3) is 23.9. The zero-order valence-electron chi connectivity index (χ0n) is 21.7. The molecule has 0 unspecified atom stereocenters. The molecule has 0 heterocycles. The lowest BCUT2D eigenvalue weighted by Crippen LogP contribution is -2.33. The first kappa shape index (κ1) is 30.4. The van der Waals surface area contributed by atoms with Gasteiger partial charge in [0.15, 0.2) is 0 Å². The van der Waals surface area contributed by atoms with E-state index in [1.165, 1.54) is 122 Å². The minimum atomic E-state index is -0.0140. The molecule has 3 nitrogen and oxygen atoms in total. The number of unbranched alkanes of at least 4 members (excludes halogenated alkanes) is 17. The molecule has 186 valence electrons. The molecule has 0 amide bonds. The van der Waals surface area contributed by atoms with Crippen molar-refractivity contribution in [1.82, 2.24) is 4.90 Å². The molecule has 0 aromatic carbocycles. The summed E-state index contributed by atoms with van der Waals surface area (Å²) in [7, 11) is 0. The highest BCUT2D eigenvalue weighted by molar-refractivity contribution is 5.71. The van der Waals surface area contributed by atoms with E-state index in [1.807, 2.05) is 0 Å². The number of rotatable bonds is 25. The summed E-state index contributed by atoms with van der Waals surface area (Å²) in [6.07, 6.45) is 25.9. The van der Waals surface area contributed by atoms with E-state index >= 15 is 0 Å². The molecule has 0 N–H and O–H groups in total. The van der Waals surface area contributed by atoms with E-state index in [0.29, 0.717) is 13.2 Å². The van der Waals surface area contributed by atoms with E-state index in [9.17, 15) is 4.79 Å². The van der Waals surface area contributed by atoms with Crippen molar-refractivity contribution in [2.24, 2.45) is 0 Å². The summed E-state index contributed by atoms with van der Waals surface area (Å²) in [5, 5.41) is 0. The molecule has 0 radical (unpaired) electrons. The Morgan fingerprint density at radius 3 is 1.29 bits per heavy atom. The molecule has 0 fully saturated rings. The molecule has 0 aliphatic rings. The van der Waals surface area contributed by atoms with Crippen molar-refractivity contribution >= 4 is 5.97 Å². The summed E-state index contributed by atoms with van der Waals surface area (Å²) in [5.74, 6) is -0.0140. The normalized spacial score (nSPS) is 11.4. The number of nitrogens with zero attached hydrogens (tertiary/aromatic N) is 1. The summed E-state index contributed by atoms with van der Waals surface area (Å²) < 4.78 is 5.56. The van der Waals surface area contributed by atoms with Gasteiger partial charge in [-0.1, -0.05) is 130 Å². The van der Waals surface area contributed by atoms with Crippen molar-refractivity contribution in [1.29, 1.82) is 0 Å². The van der Waals surface area contributed by atoms with Crippen LogP contribution in [0, 0.1) is 0 Å². The Morgan fingerprint density at radius 1 is 0.516 bits per heavy atom. The Kier molecular flexibility index (Phi) is 25.2. The highest BCUT2D eigenvalue weighted by atomic mass is 16.5. The molecule has 0 aromatic heterocycles. The predicted molar refractivity (Wildman–Crippen MR) is 137 cm³/mol. The Labute approximate surface area is 196 Å². The van der Waals surface area contributed by atoms with Crippen LogP contribution in [0.15, 0.2) is 0 Å². The second-order valence-electron chi connectivity index (χ2n) is 9.51. The lowest BCUT2D eigenvalue weighted by molar-refractivity contribution is -0.145. The smallest absolute Gasteiger partial charge is 0.320 e. The second kappa shape index (κ2) is 25.7. The van der Waals surface area contributed by atoms with E-state index in [0.717, 1.165) is 19.5 Å². The van der Waals surface area contributed by atoms with Crippen LogP contribution in [-0.4, -0.2) is 37.1 Å². The summed E-state index contributed by atoms with van der Waals surface area (Å²) in [4.78, 5) is 14.7. The van der Waals surface area contributed by atoms with Crippen LogP contribution in [0.4, 0.5) is 0 Å². The van der Waals surface area contributed by atoms with Crippen LogP contribution in [-0.2, 0) is 9.53 Å². The Balaban J connectivity index is 3.94. The molecule has 0 aliphatic carbocycles. The van der Waals surface area contributed by atoms with Crippen molar-refractivity contribution in [3.8, 4) is 0 Å². The molecular weight excluding hydrogens is 382 g/mol. The number of ether oxygens (including phenoxy) is 1. The van der Waals surface area contributed by atoms with Crippen LogP contribution >= 0.6 is 0 Å². The second-order valence-corrected chi connectivity index (χ2v) is 9.51. The van der Waals surface area contributed by atoms with E-state index in [2.05, 4.69) is 25.7 Å². The minimum absolute atomic E-state index is 0.0140. The third-order valence-electron chi connectivity index (χ3n) is 6.27. The van der Waals surface area contributed by atoms with Gasteiger partial charge in [-0.3, -0.25) is 9.69 Å².